The summed E-state index contributed by atoms with van der Waals surface area (Å²) in [7, 11) is 0. The molecule has 1 aromatic heterocycles. The van der Waals surface area contributed by atoms with Gasteiger partial charge in [-0.25, -0.2) is 4.79 Å². The standard InChI is InChI=1S/C26H35NO4S/c1-8-30-24(29)22-17-10-9-11-20(17)32-23(22)27-21(28)15-31-19-13-12-16(25(2,3)4)14-18(19)26(5,6)7/h12-14H,8-11,15H2,1-7H3,(H,27,28). The number of fused-ring (bicyclic) bond motifs is 1. The number of nitrogens with one attached hydrogen (secondary N) is 1. The van der Waals surface area contributed by atoms with E-state index >= 15 is 0 Å². The second-order valence-corrected chi connectivity index (χ2v) is 11.4. The fourth-order valence-electron chi connectivity index (χ4n) is 3.93. The Bertz CT molecular complexity index is 1010. The Balaban J connectivity index is 1.77. The highest BCUT2D eigenvalue weighted by atomic mass is 32.1. The zero-order valence-electron chi connectivity index (χ0n) is 20.3. The summed E-state index contributed by atoms with van der Waals surface area (Å²) in [6.45, 7) is 14.9. The molecule has 1 heterocycles. The molecular weight excluding hydrogens is 422 g/mol. The largest absolute Gasteiger partial charge is 0.483 e. The third-order valence-electron chi connectivity index (χ3n) is 5.67. The van der Waals surface area contributed by atoms with Gasteiger partial charge in [-0.2, -0.15) is 0 Å². The maximum atomic E-state index is 12.8. The molecule has 1 aliphatic rings. The molecule has 5 nitrogen and oxygen atoms in total. The van der Waals surface area contributed by atoms with Gasteiger partial charge in [-0.15, -0.1) is 11.3 Å². The summed E-state index contributed by atoms with van der Waals surface area (Å²) < 4.78 is 11.2. The average molecular weight is 458 g/mol. The summed E-state index contributed by atoms with van der Waals surface area (Å²) in [6.07, 6.45) is 2.82. The molecule has 0 saturated heterocycles. The van der Waals surface area contributed by atoms with Gasteiger partial charge in [-0.3, -0.25) is 4.79 Å². The molecule has 1 N–H and O–H groups in total. The number of hydrogen-bond acceptors (Lipinski definition) is 5. The molecule has 0 bridgehead atoms. The van der Waals surface area contributed by atoms with Crippen LogP contribution in [0.25, 0.3) is 0 Å². The van der Waals surface area contributed by atoms with E-state index in [2.05, 4.69) is 59.0 Å². The number of benzene rings is 1. The van der Waals surface area contributed by atoms with Crippen molar-refractivity contribution in [1.82, 2.24) is 0 Å². The lowest BCUT2D eigenvalue weighted by Gasteiger charge is -2.27. The molecule has 1 aromatic carbocycles. The predicted molar refractivity (Wildman–Crippen MR) is 130 cm³/mol. The third kappa shape index (κ3) is 5.34. The Hall–Kier alpha value is -2.34. The van der Waals surface area contributed by atoms with Crippen LogP contribution >= 0.6 is 11.3 Å². The van der Waals surface area contributed by atoms with Gasteiger partial charge >= 0.3 is 5.97 Å². The van der Waals surface area contributed by atoms with Crippen molar-refractivity contribution < 1.29 is 19.1 Å². The Morgan fingerprint density at radius 1 is 1.06 bits per heavy atom. The quantitative estimate of drug-likeness (QED) is 0.538. The summed E-state index contributed by atoms with van der Waals surface area (Å²) in [5, 5.41) is 3.47. The molecule has 6 heteroatoms. The molecule has 0 fully saturated rings. The van der Waals surface area contributed by atoms with E-state index in [1.807, 2.05) is 6.07 Å². The van der Waals surface area contributed by atoms with Crippen molar-refractivity contribution in [3.05, 3.63) is 45.3 Å². The number of hydrogen-bond donors (Lipinski definition) is 1. The Morgan fingerprint density at radius 2 is 1.78 bits per heavy atom. The Kier molecular flexibility index (Phi) is 7.03. The number of aryl methyl sites for hydroxylation is 1. The smallest absolute Gasteiger partial charge is 0.341 e. The van der Waals surface area contributed by atoms with Crippen LogP contribution in [0.4, 0.5) is 5.00 Å². The molecular formula is C26H35NO4S. The van der Waals surface area contributed by atoms with E-state index in [9.17, 15) is 9.59 Å². The van der Waals surface area contributed by atoms with Crippen molar-refractivity contribution in [2.45, 2.75) is 78.6 Å². The first kappa shape index (κ1) is 24.3. The van der Waals surface area contributed by atoms with Gasteiger partial charge in [0.25, 0.3) is 5.91 Å². The fraction of sp³-hybridized carbons (Fsp3) is 0.538. The highest BCUT2D eigenvalue weighted by Crippen LogP contribution is 2.40. The number of esters is 1. The SMILES string of the molecule is CCOC(=O)c1c(NC(=O)COc2ccc(C(C)(C)C)cc2C(C)(C)C)sc2c1CCC2. The minimum atomic E-state index is -0.365. The molecule has 0 aliphatic heterocycles. The van der Waals surface area contributed by atoms with Crippen LogP contribution < -0.4 is 10.1 Å². The van der Waals surface area contributed by atoms with Crippen LogP contribution in [0.3, 0.4) is 0 Å². The molecule has 1 amide bonds. The van der Waals surface area contributed by atoms with Gasteiger partial charge < -0.3 is 14.8 Å². The first-order valence-electron chi connectivity index (χ1n) is 11.3. The molecule has 0 atom stereocenters. The molecule has 0 unspecified atom stereocenters. The second-order valence-electron chi connectivity index (χ2n) is 10.3. The zero-order valence-corrected chi connectivity index (χ0v) is 21.1. The topological polar surface area (TPSA) is 64.6 Å². The zero-order chi connectivity index (χ0) is 23.7. The van der Waals surface area contributed by atoms with Crippen LogP contribution in [0.5, 0.6) is 5.75 Å². The van der Waals surface area contributed by atoms with E-state index < -0.39 is 0 Å². The highest BCUT2D eigenvalue weighted by molar-refractivity contribution is 7.17. The minimum Gasteiger partial charge on any atom is -0.483 e. The fourth-order valence-corrected chi connectivity index (χ4v) is 5.22. The van der Waals surface area contributed by atoms with Gasteiger partial charge in [0.1, 0.15) is 10.8 Å². The lowest BCUT2D eigenvalue weighted by Crippen LogP contribution is -2.23. The van der Waals surface area contributed by atoms with E-state index in [1.165, 1.54) is 16.9 Å². The van der Waals surface area contributed by atoms with Crippen LogP contribution in [-0.2, 0) is 33.2 Å². The molecule has 2 aromatic rings. The monoisotopic (exact) mass is 457 g/mol. The Morgan fingerprint density at radius 3 is 2.41 bits per heavy atom. The van der Waals surface area contributed by atoms with Crippen molar-refractivity contribution >= 4 is 28.2 Å². The van der Waals surface area contributed by atoms with Crippen molar-refractivity contribution in [2.75, 3.05) is 18.5 Å². The number of carbonyl (C=O) groups excluding carboxylic acids is 2. The van der Waals surface area contributed by atoms with Crippen LogP contribution in [0.1, 0.15) is 86.8 Å². The van der Waals surface area contributed by atoms with Gasteiger partial charge in [0.15, 0.2) is 6.61 Å². The molecule has 3 rings (SSSR count). The van der Waals surface area contributed by atoms with E-state index in [-0.39, 0.29) is 29.3 Å². The maximum absolute atomic E-state index is 12.8. The van der Waals surface area contributed by atoms with Gasteiger partial charge in [0.05, 0.1) is 12.2 Å². The number of rotatable bonds is 6. The molecule has 0 saturated carbocycles. The molecule has 0 radical (unpaired) electrons. The van der Waals surface area contributed by atoms with Crippen LogP contribution in [0.15, 0.2) is 18.2 Å². The van der Waals surface area contributed by atoms with E-state index in [4.69, 9.17) is 9.47 Å². The van der Waals surface area contributed by atoms with Crippen LogP contribution in [-0.4, -0.2) is 25.1 Å². The van der Waals surface area contributed by atoms with Crippen molar-refractivity contribution in [3.63, 3.8) is 0 Å². The van der Waals surface area contributed by atoms with Crippen molar-refractivity contribution in [2.24, 2.45) is 0 Å². The molecule has 174 valence electrons. The van der Waals surface area contributed by atoms with Gasteiger partial charge in [0, 0.05) is 4.88 Å². The van der Waals surface area contributed by atoms with E-state index in [0.717, 1.165) is 35.3 Å². The minimum absolute atomic E-state index is 0.0268. The third-order valence-corrected chi connectivity index (χ3v) is 6.87. The number of ether oxygens (including phenoxy) is 2. The van der Waals surface area contributed by atoms with Gasteiger partial charge in [0.2, 0.25) is 0 Å². The molecule has 1 aliphatic carbocycles. The number of anilines is 1. The number of amides is 1. The van der Waals surface area contributed by atoms with Crippen LogP contribution in [0, 0.1) is 0 Å². The summed E-state index contributed by atoms with van der Waals surface area (Å²) in [5.74, 6) is 0.0612. The van der Waals surface area contributed by atoms with Crippen molar-refractivity contribution in [1.29, 1.82) is 0 Å². The van der Waals surface area contributed by atoms with E-state index in [1.54, 1.807) is 6.92 Å². The summed E-state index contributed by atoms with van der Waals surface area (Å²) >= 11 is 1.48. The summed E-state index contributed by atoms with van der Waals surface area (Å²) in [4.78, 5) is 26.4. The highest BCUT2D eigenvalue weighted by Gasteiger charge is 2.29. The van der Waals surface area contributed by atoms with E-state index in [0.29, 0.717) is 22.9 Å². The van der Waals surface area contributed by atoms with Gasteiger partial charge in [-0.1, -0.05) is 53.7 Å². The first-order valence-corrected chi connectivity index (χ1v) is 12.1. The molecule has 32 heavy (non-hydrogen) atoms. The maximum Gasteiger partial charge on any atom is 0.341 e. The van der Waals surface area contributed by atoms with Gasteiger partial charge in [-0.05, 0) is 59.8 Å². The first-order chi connectivity index (χ1) is 14.9. The second kappa shape index (κ2) is 9.26. The number of carbonyl (C=O) groups is 2. The Labute approximate surface area is 195 Å². The summed E-state index contributed by atoms with van der Waals surface area (Å²) in [6, 6.07) is 6.19. The lowest BCUT2D eigenvalue weighted by molar-refractivity contribution is -0.118. The summed E-state index contributed by atoms with van der Waals surface area (Å²) in [5.41, 5.74) is 3.74. The average Bonchev–Trinajstić information content (AvgIpc) is 3.25. The lowest BCUT2D eigenvalue weighted by atomic mass is 9.80. The number of thiophene rings is 1. The van der Waals surface area contributed by atoms with Crippen molar-refractivity contribution in [3.8, 4) is 5.75 Å². The van der Waals surface area contributed by atoms with Crippen LogP contribution in [0.2, 0.25) is 0 Å². The predicted octanol–water partition coefficient (Wildman–Crippen LogP) is 6.03. The molecule has 0 spiro atoms. The normalized spacial score (nSPS) is 13.6.